The van der Waals surface area contributed by atoms with Crippen LogP contribution >= 0.6 is 0 Å². The largest absolute Gasteiger partial charge is 0.481 e. The molecule has 0 radical (unpaired) electrons. The van der Waals surface area contributed by atoms with E-state index >= 15 is 0 Å². The SMILES string of the molecule is CCN(CCC(=O)O)C(=O)CN1CCCC1=O. The molecule has 0 saturated carbocycles. The van der Waals surface area contributed by atoms with Crippen LogP contribution in [-0.4, -0.2) is 58.9 Å². The van der Waals surface area contributed by atoms with Crippen molar-refractivity contribution in [2.75, 3.05) is 26.2 Å². The van der Waals surface area contributed by atoms with Gasteiger partial charge >= 0.3 is 5.97 Å². The second-order valence-corrected chi connectivity index (χ2v) is 4.04. The van der Waals surface area contributed by atoms with E-state index in [1.165, 1.54) is 9.80 Å². The molecule has 2 amide bonds. The lowest BCUT2D eigenvalue weighted by Crippen LogP contribution is -2.41. The van der Waals surface area contributed by atoms with Crippen LogP contribution in [0.25, 0.3) is 0 Å². The summed E-state index contributed by atoms with van der Waals surface area (Å²) in [5.41, 5.74) is 0. The molecule has 0 aromatic heterocycles. The van der Waals surface area contributed by atoms with Crippen LogP contribution in [0.1, 0.15) is 26.2 Å². The number of rotatable bonds is 6. The Balaban J connectivity index is 2.42. The highest BCUT2D eigenvalue weighted by Gasteiger charge is 2.24. The summed E-state index contributed by atoms with van der Waals surface area (Å²) in [6.07, 6.45) is 1.25. The third kappa shape index (κ3) is 4.05. The average molecular weight is 242 g/mol. The van der Waals surface area contributed by atoms with Gasteiger partial charge in [-0.1, -0.05) is 0 Å². The number of carbonyl (C=O) groups is 3. The highest BCUT2D eigenvalue weighted by molar-refractivity contribution is 5.86. The Labute approximate surface area is 100 Å². The van der Waals surface area contributed by atoms with Crippen LogP contribution in [0.4, 0.5) is 0 Å². The van der Waals surface area contributed by atoms with Crippen molar-refractivity contribution in [1.82, 2.24) is 9.80 Å². The Morgan fingerprint density at radius 3 is 2.65 bits per heavy atom. The van der Waals surface area contributed by atoms with Gasteiger partial charge in [0.05, 0.1) is 13.0 Å². The van der Waals surface area contributed by atoms with Crippen LogP contribution in [0.5, 0.6) is 0 Å². The number of hydrogen-bond acceptors (Lipinski definition) is 3. The Kier molecular flexibility index (Phi) is 4.93. The minimum atomic E-state index is -0.923. The highest BCUT2D eigenvalue weighted by Crippen LogP contribution is 2.09. The van der Waals surface area contributed by atoms with Crippen molar-refractivity contribution in [3.05, 3.63) is 0 Å². The average Bonchev–Trinajstić information content (AvgIpc) is 2.65. The molecule has 1 fully saturated rings. The molecule has 1 saturated heterocycles. The van der Waals surface area contributed by atoms with E-state index in [2.05, 4.69) is 0 Å². The van der Waals surface area contributed by atoms with E-state index in [4.69, 9.17) is 5.11 Å². The summed E-state index contributed by atoms with van der Waals surface area (Å²) in [4.78, 5) is 36.6. The lowest BCUT2D eigenvalue weighted by atomic mass is 10.3. The van der Waals surface area contributed by atoms with Crippen molar-refractivity contribution < 1.29 is 19.5 Å². The topological polar surface area (TPSA) is 77.9 Å². The van der Waals surface area contributed by atoms with Gasteiger partial charge in [-0.15, -0.1) is 0 Å². The standard InChI is InChI=1S/C11H18N2O4/c1-2-12(7-5-11(16)17)10(15)8-13-6-3-4-9(13)14/h2-8H2,1H3,(H,16,17). The molecule has 0 unspecified atom stereocenters. The molecule has 0 aromatic rings. The minimum Gasteiger partial charge on any atom is -0.481 e. The molecule has 6 heteroatoms. The molecule has 96 valence electrons. The van der Waals surface area contributed by atoms with Gasteiger partial charge in [0.25, 0.3) is 0 Å². The Morgan fingerprint density at radius 1 is 1.47 bits per heavy atom. The van der Waals surface area contributed by atoms with Crippen LogP contribution in [0.2, 0.25) is 0 Å². The van der Waals surface area contributed by atoms with Crippen LogP contribution in [-0.2, 0) is 14.4 Å². The molecule has 1 heterocycles. The predicted molar refractivity (Wildman–Crippen MR) is 60.3 cm³/mol. The van der Waals surface area contributed by atoms with Crippen LogP contribution in [0.15, 0.2) is 0 Å². The molecule has 0 aliphatic carbocycles. The predicted octanol–water partition coefficient (Wildman–Crippen LogP) is -0.0680. The molecular formula is C11H18N2O4. The molecule has 0 atom stereocenters. The van der Waals surface area contributed by atoms with Crippen LogP contribution in [0.3, 0.4) is 0 Å². The van der Waals surface area contributed by atoms with Gasteiger partial charge in [0.2, 0.25) is 11.8 Å². The third-order valence-corrected chi connectivity index (χ3v) is 2.83. The van der Waals surface area contributed by atoms with Crippen LogP contribution < -0.4 is 0 Å². The van der Waals surface area contributed by atoms with E-state index in [1.54, 1.807) is 6.92 Å². The zero-order chi connectivity index (χ0) is 12.8. The maximum absolute atomic E-state index is 11.8. The number of carboxylic acid groups (broad SMARTS) is 1. The lowest BCUT2D eigenvalue weighted by molar-refractivity contribution is -0.140. The smallest absolute Gasteiger partial charge is 0.305 e. The van der Waals surface area contributed by atoms with E-state index in [1.807, 2.05) is 0 Å². The fourth-order valence-corrected chi connectivity index (χ4v) is 1.82. The first-order valence-corrected chi connectivity index (χ1v) is 5.82. The fraction of sp³-hybridized carbons (Fsp3) is 0.727. The summed E-state index contributed by atoms with van der Waals surface area (Å²) in [7, 11) is 0. The first-order valence-electron chi connectivity index (χ1n) is 5.82. The molecule has 1 aliphatic rings. The van der Waals surface area contributed by atoms with E-state index in [-0.39, 0.29) is 31.3 Å². The highest BCUT2D eigenvalue weighted by atomic mass is 16.4. The summed E-state index contributed by atoms with van der Waals surface area (Å²) in [6.45, 7) is 3.17. The number of aliphatic carboxylic acids is 1. The zero-order valence-corrected chi connectivity index (χ0v) is 10.0. The van der Waals surface area contributed by atoms with Crippen molar-refractivity contribution in [3.8, 4) is 0 Å². The summed E-state index contributed by atoms with van der Waals surface area (Å²) in [5, 5.41) is 8.56. The van der Waals surface area contributed by atoms with Gasteiger partial charge in [-0.05, 0) is 13.3 Å². The number of hydrogen-bond donors (Lipinski definition) is 1. The van der Waals surface area contributed by atoms with Crippen molar-refractivity contribution in [1.29, 1.82) is 0 Å². The molecular weight excluding hydrogens is 224 g/mol. The van der Waals surface area contributed by atoms with Gasteiger partial charge in [0.15, 0.2) is 0 Å². The van der Waals surface area contributed by atoms with Gasteiger partial charge in [-0.25, -0.2) is 0 Å². The fourth-order valence-electron chi connectivity index (χ4n) is 1.82. The normalized spacial score (nSPS) is 15.1. The summed E-state index contributed by atoms with van der Waals surface area (Å²) >= 11 is 0. The van der Waals surface area contributed by atoms with E-state index in [0.717, 1.165) is 6.42 Å². The first-order chi connectivity index (χ1) is 8.04. The maximum Gasteiger partial charge on any atom is 0.305 e. The lowest BCUT2D eigenvalue weighted by Gasteiger charge is -2.23. The zero-order valence-electron chi connectivity index (χ0n) is 10.0. The summed E-state index contributed by atoms with van der Waals surface area (Å²) in [6, 6.07) is 0. The van der Waals surface area contributed by atoms with Crippen molar-refractivity contribution in [2.45, 2.75) is 26.2 Å². The molecule has 0 spiro atoms. The number of likely N-dealkylation sites (tertiary alicyclic amines) is 1. The maximum atomic E-state index is 11.8. The molecule has 6 nitrogen and oxygen atoms in total. The Bertz CT molecular complexity index is 317. The summed E-state index contributed by atoms with van der Waals surface area (Å²) in [5.74, 6) is -1.09. The Hall–Kier alpha value is -1.59. The molecule has 1 N–H and O–H groups in total. The van der Waals surface area contributed by atoms with Gasteiger partial charge in [-0.2, -0.15) is 0 Å². The van der Waals surface area contributed by atoms with Crippen molar-refractivity contribution >= 4 is 17.8 Å². The molecule has 0 aromatic carbocycles. The number of carbonyl (C=O) groups excluding carboxylic acids is 2. The number of likely N-dealkylation sites (N-methyl/N-ethyl adjacent to an activating group) is 1. The second kappa shape index (κ2) is 6.22. The number of carboxylic acids is 1. The van der Waals surface area contributed by atoms with Gasteiger partial charge < -0.3 is 14.9 Å². The minimum absolute atomic E-state index is 0.00707. The molecule has 1 aliphatic heterocycles. The first kappa shape index (κ1) is 13.5. The monoisotopic (exact) mass is 242 g/mol. The Morgan fingerprint density at radius 2 is 2.18 bits per heavy atom. The van der Waals surface area contributed by atoms with Gasteiger partial charge in [0, 0.05) is 26.1 Å². The second-order valence-electron chi connectivity index (χ2n) is 4.04. The van der Waals surface area contributed by atoms with E-state index in [0.29, 0.717) is 19.5 Å². The van der Waals surface area contributed by atoms with E-state index in [9.17, 15) is 14.4 Å². The summed E-state index contributed by atoms with van der Waals surface area (Å²) < 4.78 is 0. The van der Waals surface area contributed by atoms with Gasteiger partial charge in [-0.3, -0.25) is 14.4 Å². The number of nitrogens with zero attached hydrogens (tertiary/aromatic N) is 2. The van der Waals surface area contributed by atoms with Crippen molar-refractivity contribution in [3.63, 3.8) is 0 Å². The number of amides is 2. The van der Waals surface area contributed by atoms with Crippen molar-refractivity contribution in [2.24, 2.45) is 0 Å². The van der Waals surface area contributed by atoms with E-state index < -0.39 is 5.97 Å². The van der Waals surface area contributed by atoms with Crippen LogP contribution in [0, 0.1) is 0 Å². The van der Waals surface area contributed by atoms with Gasteiger partial charge in [0.1, 0.15) is 0 Å². The molecule has 0 bridgehead atoms. The molecule has 17 heavy (non-hydrogen) atoms. The molecule has 1 rings (SSSR count). The third-order valence-electron chi connectivity index (χ3n) is 2.83. The quantitative estimate of drug-likeness (QED) is 0.707.